The lowest BCUT2D eigenvalue weighted by Crippen LogP contribution is -2.50. The highest BCUT2D eigenvalue weighted by Gasteiger charge is 2.25. The normalized spacial score (nSPS) is 13.7. The number of nitrogen functional groups attached to an aromatic ring is 1. The Morgan fingerprint density at radius 3 is 2.53 bits per heavy atom. The molecule has 1 aliphatic rings. The Balaban J connectivity index is 1.37. The van der Waals surface area contributed by atoms with Crippen LogP contribution in [0, 0.1) is 5.82 Å². The van der Waals surface area contributed by atoms with Crippen LogP contribution in [0.4, 0.5) is 15.0 Å². The number of piperazine rings is 1. The number of carbonyl (C=O) groups excluding carboxylic acids is 2. The molecule has 0 saturated carbocycles. The van der Waals surface area contributed by atoms with Crippen molar-refractivity contribution >= 4 is 28.9 Å². The van der Waals surface area contributed by atoms with E-state index in [4.69, 9.17) is 10.5 Å². The maximum Gasteiger partial charge on any atom is 0.415 e. The molecule has 0 unspecified atom stereocenters. The van der Waals surface area contributed by atoms with Gasteiger partial charge in [-0.1, -0.05) is 18.2 Å². The molecule has 11 nitrogen and oxygen atoms in total. The van der Waals surface area contributed by atoms with E-state index in [1.165, 1.54) is 24.1 Å². The fourth-order valence-corrected chi connectivity index (χ4v) is 4.01. The van der Waals surface area contributed by atoms with Gasteiger partial charge in [-0.15, -0.1) is 0 Å². The first-order chi connectivity index (χ1) is 17.4. The van der Waals surface area contributed by atoms with E-state index in [0.717, 1.165) is 0 Å². The number of anilines is 1. The van der Waals surface area contributed by atoms with Gasteiger partial charge in [0.05, 0.1) is 18.1 Å². The molecule has 5 rings (SSSR count). The molecule has 2 N–H and O–H groups in total. The fourth-order valence-electron chi connectivity index (χ4n) is 4.01. The number of aromatic nitrogens is 5. The number of carbonyl (C=O) groups is 2. The molecule has 4 heterocycles. The third-order valence-electron chi connectivity index (χ3n) is 5.96. The topological polar surface area (TPSA) is 132 Å². The van der Waals surface area contributed by atoms with Gasteiger partial charge in [0.2, 0.25) is 5.91 Å². The number of fused-ring (bicyclic) bond motifs is 1. The standard InChI is InChI=1S/C24H23FN8O3/c1-15(34)31-9-11-32(12-10-31)24(35)36-19-13-28-22(29-21(19)26)20-17-6-4-8-27-23(17)33(30-20)14-16-5-2-3-7-18(16)25/h2-8,13H,9-12,14H2,1H3,(H2,26,28,29). The van der Waals surface area contributed by atoms with Crippen molar-refractivity contribution in [1.82, 2.24) is 34.5 Å². The summed E-state index contributed by atoms with van der Waals surface area (Å²) in [6.07, 6.45) is 2.35. The van der Waals surface area contributed by atoms with E-state index < -0.39 is 6.09 Å². The van der Waals surface area contributed by atoms with Crippen LogP contribution in [0.3, 0.4) is 0 Å². The van der Waals surface area contributed by atoms with Gasteiger partial charge >= 0.3 is 6.09 Å². The summed E-state index contributed by atoms with van der Waals surface area (Å²) in [7, 11) is 0. The van der Waals surface area contributed by atoms with Gasteiger partial charge in [0.25, 0.3) is 0 Å². The highest BCUT2D eigenvalue weighted by atomic mass is 19.1. The Bertz CT molecular complexity index is 1450. The van der Waals surface area contributed by atoms with Crippen molar-refractivity contribution in [2.24, 2.45) is 0 Å². The molecule has 1 fully saturated rings. The van der Waals surface area contributed by atoms with Gasteiger partial charge in [0, 0.05) is 44.9 Å². The Morgan fingerprint density at radius 2 is 1.81 bits per heavy atom. The van der Waals surface area contributed by atoms with Crippen LogP contribution in [0.1, 0.15) is 12.5 Å². The molecule has 36 heavy (non-hydrogen) atoms. The van der Waals surface area contributed by atoms with E-state index in [-0.39, 0.29) is 35.7 Å². The van der Waals surface area contributed by atoms with Crippen molar-refractivity contribution in [3.05, 3.63) is 60.2 Å². The van der Waals surface area contributed by atoms with Crippen LogP contribution in [0.2, 0.25) is 0 Å². The van der Waals surface area contributed by atoms with Crippen molar-refractivity contribution in [1.29, 1.82) is 0 Å². The lowest BCUT2D eigenvalue weighted by Gasteiger charge is -2.33. The minimum atomic E-state index is -0.593. The van der Waals surface area contributed by atoms with Crippen molar-refractivity contribution in [3.63, 3.8) is 0 Å². The molecule has 0 radical (unpaired) electrons. The molecular formula is C24H23FN8O3. The number of rotatable bonds is 4. The van der Waals surface area contributed by atoms with E-state index in [0.29, 0.717) is 48.5 Å². The van der Waals surface area contributed by atoms with E-state index in [1.807, 2.05) is 6.07 Å². The lowest BCUT2D eigenvalue weighted by molar-refractivity contribution is -0.130. The summed E-state index contributed by atoms with van der Waals surface area (Å²) in [6, 6.07) is 10.0. The quantitative estimate of drug-likeness (QED) is 0.461. The average Bonchev–Trinajstić information content (AvgIpc) is 3.25. The van der Waals surface area contributed by atoms with Gasteiger partial charge in [-0.3, -0.25) is 4.79 Å². The molecule has 0 aliphatic carbocycles. The average molecular weight is 490 g/mol. The van der Waals surface area contributed by atoms with Crippen LogP contribution in [-0.4, -0.2) is 72.7 Å². The van der Waals surface area contributed by atoms with E-state index in [1.54, 1.807) is 40.0 Å². The summed E-state index contributed by atoms with van der Waals surface area (Å²) >= 11 is 0. The van der Waals surface area contributed by atoms with Crippen LogP contribution in [0.25, 0.3) is 22.6 Å². The van der Waals surface area contributed by atoms with Crippen LogP contribution in [0.5, 0.6) is 5.75 Å². The van der Waals surface area contributed by atoms with Crippen LogP contribution in [0.15, 0.2) is 48.8 Å². The maximum absolute atomic E-state index is 14.2. The Hall–Kier alpha value is -4.61. The van der Waals surface area contributed by atoms with Crippen molar-refractivity contribution in [2.45, 2.75) is 13.5 Å². The third-order valence-corrected chi connectivity index (χ3v) is 5.96. The molecule has 1 saturated heterocycles. The first kappa shape index (κ1) is 23.1. The number of benzene rings is 1. The maximum atomic E-state index is 14.2. The minimum Gasteiger partial charge on any atom is -0.405 e. The van der Waals surface area contributed by atoms with E-state index in [9.17, 15) is 14.0 Å². The second-order valence-corrected chi connectivity index (χ2v) is 8.28. The van der Waals surface area contributed by atoms with Gasteiger partial charge in [0.15, 0.2) is 23.0 Å². The van der Waals surface area contributed by atoms with Gasteiger partial charge in [-0.05, 0) is 18.2 Å². The number of hydrogen-bond acceptors (Lipinski definition) is 8. The number of halogens is 1. The number of ether oxygens (including phenoxy) is 1. The molecule has 3 aromatic heterocycles. The Labute approximate surface area is 205 Å². The predicted octanol–water partition coefficient (Wildman–Crippen LogP) is 2.32. The van der Waals surface area contributed by atoms with E-state index >= 15 is 0 Å². The molecule has 1 aromatic carbocycles. The Kier molecular flexibility index (Phi) is 6.15. The lowest BCUT2D eigenvalue weighted by atomic mass is 10.2. The highest BCUT2D eigenvalue weighted by Crippen LogP contribution is 2.28. The molecule has 1 aliphatic heterocycles. The third kappa shape index (κ3) is 4.52. The number of nitrogens with two attached hydrogens (primary N) is 1. The fraction of sp³-hybridized carbons (Fsp3) is 0.250. The zero-order chi connectivity index (χ0) is 25.2. The number of hydrogen-bond donors (Lipinski definition) is 1. The summed E-state index contributed by atoms with van der Waals surface area (Å²) < 4.78 is 21.2. The molecule has 184 valence electrons. The SMILES string of the molecule is CC(=O)N1CCN(C(=O)Oc2cnc(-c3nn(Cc4ccccc4F)c4ncccc34)nc2N)CC1. The molecule has 12 heteroatoms. The van der Waals surface area contributed by atoms with Gasteiger partial charge < -0.3 is 20.3 Å². The van der Waals surface area contributed by atoms with Gasteiger partial charge in [0.1, 0.15) is 11.5 Å². The predicted molar refractivity (Wildman–Crippen MR) is 128 cm³/mol. The molecule has 0 spiro atoms. The highest BCUT2D eigenvalue weighted by molar-refractivity contribution is 5.89. The number of amides is 2. The van der Waals surface area contributed by atoms with Crippen LogP contribution < -0.4 is 10.5 Å². The molecule has 4 aromatic rings. The summed E-state index contributed by atoms with van der Waals surface area (Å²) in [6.45, 7) is 3.25. The molecular weight excluding hydrogens is 467 g/mol. The Morgan fingerprint density at radius 1 is 1.06 bits per heavy atom. The van der Waals surface area contributed by atoms with Crippen LogP contribution in [-0.2, 0) is 11.3 Å². The first-order valence-corrected chi connectivity index (χ1v) is 11.3. The summed E-state index contributed by atoms with van der Waals surface area (Å²) in [4.78, 5) is 40.2. The number of pyridine rings is 1. The first-order valence-electron chi connectivity index (χ1n) is 11.3. The zero-order valence-electron chi connectivity index (χ0n) is 19.5. The minimum absolute atomic E-state index is 0.0194. The summed E-state index contributed by atoms with van der Waals surface area (Å²) in [5, 5.41) is 5.25. The van der Waals surface area contributed by atoms with E-state index in [2.05, 4.69) is 20.1 Å². The van der Waals surface area contributed by atoms with Crippen molar-refractivity contribution in [2.75, 3.05) is 31.9 Å². The monoisotopic (exact) mass is 490 g/mol. The number of nitrogens with zero attached hydrogens (tertiary/aromatic N) is 7. The van der Waals surface area contributed by atoms with Crippen LogP contribution >= 0.6 is 0 Å². The summed E-state index contributed by atoms with van der Waals surface area (Å²) in [5.74, 6) is -0.168. The summed E-state index contributed by atoms with van der Waals surface area (Å²) in [5.41, 5.74) is 7.51. The molecule has 0 bridgehead atoms. The molecule has 2 amide bonds. The molecule has 0 atom stereocenters. The van der Waals surface area contributed by atoms with Crippen molar-refractivity contribution < 1.29 is 18.7 Å². The second-order valence-electron chi connectivity index (χ2n) is 8.28. The van der Waals surface area contributed by atoms with Gasteiger partial charge in [-0.25, -0.2) is 28.8 Å². The second kappa shape index (κ2) is 9.56. The van der Waals surface area contributed by atoms with Crippen molar-refractivity contribution in [3.8, 4) is 17.3 Å². The zero-order valence-corrected chi connectivity index (χ0v) is 19.5. The smallest absolute Gasteiger partial charge is 0.405 e. The largest absolute Gasteiger partial charge is 0.415 e. The van der Waals surface area contributed by atoms with Gasteiger partial charge in [-0.2, -0.15) is 5.10 Å².